The van der Waals surface area contributed by atoms with Gasteiger partial charge >= 0.3 is 17.8 Å². The number of amides is 1. The molecule has 1 amide bonds. The van der Waals surface area contributed by atoms with Crippen molar-refractivity contribution in [3.05, 3.63) is 82.5 Å². The van der Waals surface area contributed by atoms with Crippen molar-refractivity contribution in [3.8, 4) is 0 Å². The van der Waals surface area contributed by atoms with Gasteiger partial charge in [0.15, 0.2) is 0 Å². The highest BCUT2D eigenvalue weighted by Gasteiger charge is 2.29. The largest absolute Gasteiger partial charge is 0.480 e. The van der Waals surface area contributed by atoms with E-state index in [1.54, 1.807) is 24.5 Å². The molecule has 12 nitrogen and oxygen atoms in total. The Kier molecular flexibility index (Phi) is 9.09. The second-order valence-corrected chi connectivity index (χ2v) is 10.1. The third-order valence-electron chi connectivity index (χ3n) is 7.40. The highest BCUT2D eigenvalue weighted by Crippen LogP contribution is 2.33. The van der Waals surface area contributed by atoms with Crippen molar-refractivity contribution < 1.29 is 24.2 Å². The van der Waals surface area contributed by atoms with Gasteiger partial charge in [0.25, 0.3) is 0 Å². The Morgan fingerprint density at radius 1 is 1.02 bits per heavy atom. The van der Waals surface area contributed by atoms with E-state index in [0.29, 0.717) is 32.1 Å². The number of hydrogen-bond donors (Lipinski definition) is 2. The zero-order valence-electron chi connectivity index (χ0n) is 22.7. The van der Waals surface area contributed by atoms with Crippen molar-refractivity contribution in [3.63, 3.8) is 0 Å². The van der Waals surface area contributed by atoms with Gasteiger partial charge in [-0.1, -0.05) is 36.4 Å². The average Bonchev–Trinajstić information content (AvgIpc) is 3.02. The molecule has 41 heavy (non-hydrogen) atoms. The van der Waals surface area contributed by atoms with Crippen LogP contribution in [0.15, 0.2) is 65.7 Å². The van der Waals surface area contributed by atoms with Crippen LogP contribution in [0.1, 0.15) is 29.9 Å². The lowest BCUT2D eigenvalue weighted by Gasteiger charge is -2.37. The topological polar surface area (TPSA) is 139 Å². The summed E-state index contributed by atoms with van der Waals surface area (Å²) in [5, 5.41) is 12.2. The lowest BCUT2D eigenvalue weighted by atomic mass is 9.92. The van der Waals surface area contributed by atoms with E-state index < -0.39 is 23.8 Å². The molecule has 0 bridgehead atoms. The van der Waals surface area contributed by atoms with Crippen LogP contribution >= 0.6 is 0 Å². The molecule has 0 aliphatic carbocycles. The molecule has 2 saturated heterocycles. The van der Waals surface area contributed by atoms with E-state index in [1.807, 2.05) is 36.4 Å². The van der Waals surface area contributed by atoms with E-state index in [4.69, 9.17) is 9.47 Å². The minimum atomic E-state index is -1.38. The molecule has 2 aromatic heterocycles. The molecule has 2 aliphatic heterocycles. The number of rotatable bonds is 9. The molecule has 1 atom stereocenters. The SMILES string of the molecule is O=C(NC(Cn1cc(C2CCOCC2)c(N2CCN(c3ccccn3)CC2)nc1=O)C(=O)O)OCc1ccccc1. The maximum atomic E-state index is 13.2. The molecular weight excluding hydrogens is 528 g/mol. The highest BCUT2D eigenvalue weighted by molar-refractivity contribution is 5.79. The summed E-state index contributed by atoms with van der Waals surface area (Å²) in [6.07, 6.45) is 4.14. The minimum absolute atomic E-state index is 0.00326. The van der Waals surface area contributed by atoms with Crippen LogP contribution in [-0.4, -0.2) is 77.1 Å². The molecular formula is C29H34N6O6. The number of aliphatic carboxylic acids is 1. The first-order valence-corrected chi connectivity index (χ1v) is 13.8. The summed E-state index contributed by atoms with van der Waals surface area (Å²) in [4.78, 5) is 50.8. The van der Waals surface area contributed by atoms with Crippen LogP contribution < -0.4 is 20.8 Å². The predicted octanol–water partition coefficient (Wildman–Crippen LogP) is 2.24. The van der Waals surface area contributed by atoms with Crippen LogP contribution in [-0.2, 0) is 27.4 Å². The Bertz CT molecular complexity index is 1370. The molecule has 0 radical (unpaired) electrons. The second kappa shape index (κ2) is 13.3. The van der Waals surface area contributed by atoms with Crippen molar-refractivity contribution in [1.29, 1.82) is 0 Å². The Balaban J connectivity index is 1.32. The number of carbonyl (C=O) groups is 2. The molecule has 0 spiro atoms. The number of ether oxygens (including phenoxy) is 2. The lowest BCUT2D eigenvalue weighted by Crippen LogP contribution is -2.49. The fourth-order valence-electron chi connectivity index (χ4n) is 5.16. The van der Waals surface area contributed by atoms with Crippen LogP contribution in [0, 0.1) is 0 Å². The summed E-state index contributed by atoms with van der Waals surface area (Å²) >= 11 is 0. The Morgan fingerprint density at radius 3 is 2.41 bits per heavy atom. The first-order valence-electron chi connectivity index (χ1n) is 13.8. The quantitative estimate of drug-likeness (QED) is 0.399. The number of carboxylic acid groups (broad SMARTS) is 1. The standard InChI is InChI=1S/C29H34N6O6/c36-27(37)24(31-29(39)41-20-21-6-2-1-3-7-21)19-35-18-23(22-9-16-40-17-10-22)26(32-28(35)38)34-14-12-33(13-15-34)25-8-4-5-11-30-25/h1-8,11,18,22,24H,9-10,12-17,19-20H2,(H,31,39)(H,36,37). The molecule has 2 N–H and O–H groups in total. The summed E-state index contributed by atoms with van der Waals surface area (Å²) < 4.78 is 12.0. The van der Waals surface area contributed by atoms with E-state index in [9.17, 15) is 19.5 Å². The summed E-state index contributed by atoms with van der Waals surface area (Å²) in [5.74, 6) is 0.366. The smallest absolute Gasteiger partial charge is 0.408 e. The maximum Gasteiger partial charge on any atom is 0.408 e. The van der Waals surface area contributed by atoms with Crippen LogP contribution in [0.2, 0.25) is 0 Å². The van der Waals surface area contributed by atoms with Crippen LogP contribution in [0.4, 0.5) is 16.4 Å². The van der Waals surface area contributed by atoms with Gasteiger partial charge in [-0.2, -0.15) is 4.98 Å². The van der Waals surface area contributed by atoms with E-state index in [-0.39, 0.29) is 19.1 Å². The molecule has 1 aromatic carbocycles. The molecule has 12 heteroatoms. The van der Waals surface area contributed by atoms with E-state index in [1.165, 1.54) is 4.57 Å². The van der Waals surface area contributed by atoms with Gasteiger partial charge in [-0.3, -0.25) is 4.57 Å². The highest BCUT2D eigenvalue weighted by atomic mass is 16.5. The molecule has 5 rings (SSSR count). The number of aromatic nitrogens is 3. The predicted molar refractivity (Wildman–Crippen MR) is 151 cm³/mol. The summed E-state index contributed by atoms with van der Waals surface area (Å²) in [5.41, 5.74) is 1.08. The number of anilines is 2. The molecule has 216 valence electrons. The molecule has 3 aromatic rings. The maximum absolute atomic E-state index is 13.2. The van der Waals surface area contributed by atoms with Gasteiger partial charge in [-0.15, -0.1) is 0 Å². The van der Waals surface area contributed by atoms with Crippen LogP contribution in [0.5, 0.6) is 0 Å². The zero-order valence-corrected chi connectivity index (χ0v) is 22.7. The number of piperazine rings is 1. The number of nitrogens with one attached hydrogen (secondary N) is 1. The van der Waals surface area contributed by atoms with Crippen LogP contribution in [0.25, 0.3) is 0 Å². The van der Waals surface area contributed by atoms with Gasteiger partial charge in [0.1, 0.15) is 24.3 Å². The van der Waals surface area contributed by atoms with Gasteiger partial charge < -0.3 is 29.7 Å². The van der Waals surface area contributed by atoms with Crippen molar-refractivity contribution in [1.82, 2.24) is 19.9 Å². The molecule has 1 unspecified atom stereocenters. The molecule has 2 fully saturated rings. The molecule has 0 saturated carbocycles. The van der Waals surface area contributed by atoms with E-state index in [2.05, 4.69) is 25.1 Å². The van der Waals surface area contributed by atoms with Gasteiger partial charge in [-0.25, -0.2) is 19.4 Å². The normalized spacial score (nSPS) is 16.7. The van der Waals surface area contributed by atoms with Crippen molar-refractivity contribution in [2.45, 2.75) is 38.0 Å². The zero-order chi connectivity index (χ0) is 28.6. The third-order valence-corrected chi connectivity index (χ3v) is 7.40. The average molecular weight is 563 g/mol. The van der Waals surface area contributed by atoms with Gasteiger partial charge in [0.05, 0.1) is 6.54 Å². The number of pyridine rings is 1. The van der Waals surface area contributed by atoms with Crippen molar-refractivity contribution >= 4 is 23.7 Å². The number of benzene rings is 1. The number of carbonyl (C=O) groups excluding carboxylic acids is 1. The number of alkyl carbamates (subject to hydrolysis) is 1. The third kappa shape index (κ3) is 7.20. The van der Waals surface area contributed by atoms with Gasteiger partial charge in [0, 0.05) is 57.3 Å². The number of nitrogens with zero attached hydrogens (tertiary/aromatic N) is 5. The van der Waals surface area contributed by atoms with E-state index >= 15 is 0 Å². The monoisotopic (exact) mass is 562 g/mol. The second-order valence-electron chi connectivity index (χ2n) is 10.1. The number of hydrogen-bond acceptors (Lipinski definition) is 9. The molecule has 4 heterocycles. The Labute approximate surface area is 237 Å². The Hall–Kier alpha value is -4.45. The summed E-state index contributed by atoms with van der Waals surface area (Å²) in [7, 11) is 0. The van der Waals surface area contributed by atoms with Crippen molar-refractivity contribution in [2.75, 3.05) is 49.2 Å². The first kappa shape index (κ1) is 28.1. The van der Waals surface area contributed by atoms with Gasteiger partial charge in [0.2, 0.25) is 0 Å². The van der Waals surface area contributed by atoms with Crippen LogP contribution in [0.3, 0.4) is 0 Å². The summed E-state index contributed by atoms with van der Waals surface area (Å²) in [6, 6.07) is 13.5. The fourth-order valence-corrected chi connectivity index (χ4v) is 5.16. The minimum Gasteiger partial charge on any atom is -0.480 e. The summed E-state index contributed by atoms with van der Waals surface area (Å²) in [6.45, 7) is 3.69. The first-order chi connectivity index (χ1) is 20.0. The van der Waals surface area contributed by atoms with E-state index in [0.717, 1.165) is 42.9 Å². The Morgan fingerprint density at radius 2 is 1.73 bits per heavy atom. The molecule has 2 aliphatic rings. The number of carboxylic acids is 1. The van der Waals surface area contributed by atoms with Crippen molar-refractivity contribution in [2.24, 2.45) is 0 Å². The fraction of sp³-hybridized carbons (Fsp3) is 0.414. The lowest BCUT2D eigenvalue weighted by molar-refractivity contribution is -0.139. The van der Waals surface area contributed by atoms with Gasteiger partial charge in [-0.05, 0) is 36.5 Å².